The van der Waals surface area contributed by atoms with Crippen LogP contribution in [0.15, 0.2) is 0 Å². The first-order chi connectivity index (χ1) is 0. The van der Waals surface area contributed by atoms with E-state index in [2.05, 4.69) is 0 Å². The van der Waals surface area contributed by atoms with Gasteiger partial charge in [0.1, 0.15) is 0 Å². The summed E-state index contributed by atoms with van der Waals surface area (Å²) in [6.07, 6.45) is 0. The zero-order valence-corrected chi connectivity index (χ0v) is 3.91. The van der Waals surface area contributed by atoms with Crippen molar-refractivity contribution in [3.8, 4) is 0 Å². The van der Waals surface area contributed by atoms with Crippen LogP contribution in [0.25, 0.3) is 0 Å². The molecule has 0 rings (SSSR count). The van der Waals surface area contributed by atoms with Crippen molar-refractivity contribution in [1.29, 1.82) is 0 Å². The second-order valence-corrected chi connectivity index (χ2v) is 0. The Morgan fingerprint density at radius 1 is 1.00 bits per heavy atom. The van der Waals surface area contributed by atoms with Gasteiger partial charge >= 0.3 is 23.1 Å². The summed E-state index contributed by atoms with van der Waals surface area (Å²) in [5, 5.41) is 0. The summed E-state index contributed by atoms with van der Waals surface area (Å²) in [4.78, 5) is 0. The van der Waals surface area contributed by atoms with Crippen LogP contribution in [-0.4, -0.2) is 40.4 Å². The summed E-state index contributed by atoms with van der Waals surface area (Å²) in [5.41, 5.74) is 0. The summed E-state index contributed by atoms with van der Waals surface area (Å²) in [6, 6.07) is 0. The zero-order valence-electron chi connectivity index (χ0n) is 0.947. The van der Waals surface area contributed by atoms with E-state index in [0.29, 0.717) is 0 Å². The maximum absolute atomic E-state index is 0. The SMILES string of the molecule is [AlH3].[MgH2].[Ti].[V]. The molecule has 0 fully saturated rings. The van der Waals surface area contributed by atoms with Crippen molar-refractivity contribution in [2.45, 2.75) is 0 Å². The van der Waals surface area contributed by atoms with E-state index in [4.69, 9.17) is 0 Å². The summed E-state index contributed by atoms with van der Waals surface area (Å²) in [7, 11) is 0. The minimum atomic E-state index is 0. The van der Waals surface area contributed by atoms with Crippen molar-refractivity contribution in [1.82, 2.24) is 0 Å². The Kier molecular flexibility index (Phi) is 134. The summed E-state index contributed by atoms with van der Waals surface area (Å²) in [6.45, 7) is 0. The van der Waals surface area contributed by atoms with Gasteiger partial charge in [-0.25, -0.2) is 0 Å². The number of rotatable bonds is 0. The molecule has 0 saturated heterocycles. The molecule has 0 aliphatic heterocycles. The Labute approximate surface area is 79.5 Å². The van der Waals surface area contributed by atoms with Crippen LogP contribution in [0.1, 0.15) is 0 Å². The standard InChI is InChI=1S/Al.Mg.Ti.V.5H. The van der Waals surface area contributed by atoms with E-state index in [0.717, 1.165) is 0 Å². The van der Waals surface area contributed by atoms with Crippen molar-refractivity contribution in [2.75, 3.05) is 0 Å². The smallest absolute Gasteiger partial charge is 0 e. The fourth-order valence-corrected chi connectivity index (χ4v) is 0. The van der Waals surface area contributed by atoms with E-state index < -0.39 is 0 Å². The molecular formula is H5AlMgTiV. The van der Waals surface area contributed by atoms with E-state index in [1.807, 2.05) is 0 Å². The molecule has 0 unspecified atom stereocenters. The molecule has 19 valence electrons. The third-order valence-electron chi connectivity index (χ3n) is 0. The van der Waals surface area contributed by atoms with Crippen LogP contribution < -0.4 is 0 Å². The van der Waals surface area contributed by atoms with E-state index in [-0.39, 0.29) is 80.7 Å². The Morgan fingerprint density at radius 3 is 1.00 bits per heavy atom. The number of hydrogen-bond acceptors (Lipinski definition) is 0. The van der Waals surface area contributed by atoms with Gasteiger partial charge in [0.05, 0.1) is 0 Å². The van der Waals surface area contributed by atoms with E-state index in [1.54, 1.807) is 0 Å². The third-order valence-corrected chi connectivity index (χ3v) is 0. The molecule has 4 heteroatoms. The van der Waals surface area contributed by atoms with Crippen LogP contribution in [0, 0.1) is 0 Å². The topological polar surface area (TPSA) is 0 Å². The quantitative estimate of drug-likeness (QED) is 0.351. The van der Waals surface area contributed by atoms with E-state index >= 15 is 0 Å². The Bertz CT molecular complexity index is 8.00. The van der Waals surface area contributed by atoms with Gasteiger partial charge in [-0.05, 0) is 0 Å². The van der Waals surface area contributed by atoms with Gasteiger partial charge < -0.3 is 0 Å². The molecule has 4 heavy (non-hydrogen) atoms. The van der Waals surface area contributed by atoms with Crippen LogP contribution in [0.4, 0.5) is 0 Å². The average molecular weight is 155 g/mol. The van der Waals surface area contributed by atoms with Gasteiger partial charge in [0.15, 0.2) is 17.4 Å². The molecule has 0 spiro atoms. The zero-order chi connectivity index (χ0) is 0. The van der Waals surface area contributed by atoms with Crippen LogP contribution in [0.2, 0.25) is 0 Å². The van der Waals surface area contributed by atoms with Crippen molar-refractivity contribution < 1.29 is 40.3 Å². The second-order valence-electron chi connectivity index (χ2n) is 0. The molecule has 0 saturated carbocycles. The maximum Gasteiger partial charge on any atom is 0.316 e. The summed E-state index contributed by atoms with van der Waals surface area (Å²) < 4.78 is 0. The van der Waals surface area contributed by atoms with Crippen LogP contribution in [-0.2, 0) is 40.3 Å². The first-order valence-corrected chi connectivity index (χ1v) is 0. The Balaban J connectivity index is 0. The molecule has 0 atom stereocenters. The van der Waals surface area contributed by atoms with Gasteiger partial charge in [-0.15, -0.1) is 0 Å². The predicted molar refractivity (Wildman–Crippen MR) is 18.5 cm³/mol. The van der Waals surface area contributed by atoms with Gasteiger partial charge in [0, 0.05) is 40.3 Å². The van der Waals surface area contributed by atoms with Gasteiger partial charge in [0.25, 0.3) is 0 Å². The molecule has 0 aliphatic rings. The minimum Gasteiger partial charge on any atom is 0 e. The van der Waals surface area contributed by atoms with Crippen molar-refractivity contribution in [3.63, 3.8) is 0 Å². The molecule has 0 amide bonds. The molecule has 0 heterocycles. The third kappa shape index (κ3) is 8.82. The second kappa shape index (κ2) is 17.5. The predicted octanol–water partition coefficient (Wildman–Crippen LogP) is -2.11. The van der Waals surface area contributed by atoms with Gasteiger partial charge in [-0.1, -0.05) is 0 Å². The molecule has 1 radical (unpaired) electrons. The monoisotopic (exact) mass is 155 g/mol. The van der Waals surface area contributed by atoms with Crippen molar-refractivity contribution >= 4 is 40.4 Å². The average Bonchev–Trinajstić information content (AvgIpc) is 0. The molecule has 0 aromatic carbocycles. The Morgan fingerprint density at radius 2 is 1.00 bits per heavy atom. The van der Waals surface area contributed by atoms with Crippen LogP contribution in [0.3, 0.4) is 0 Å². The normalized spacial score (nSPS) is 0. The fraction of sp³-hybridized carbons (Fsp3) is 0. The fourth-order valence-electron chi connectivity index (χ4n) is 0. The maximum atomic E-state index is 0. The van der Waals surface area contributed by atoms with Gasteiger partial charge in [0.2, 0.25) is 0 Å². The molecule has 0 N–H and O–H groups in total. The first kappa shape index (κ1) is 30.6. The molecule has 0 nitrogen and oxygen atoms in total. The minimum absolute atomic E-state index is 0. The van der Waals surface area contributed by atoms with Crippen LogP contribution >= 0.6 is 0 Å². The molecule has 0 bridgehead atoms. The number of hydrogen-bond donors (Lipinski definition) is 0. The Hall–Kier alpha value is 2.60. The first-order valence-electron chi connectivity index (χ1n) is 0. The molecular weight excluding hydrogens is 150 g/mol. The van der Waals surface area contributed by atoms with Crippen molar-refractivity contribution in [3.05, 3.63) is 0 Å². The largest absolute Gasteiger partial charge is 0.316 e. The van der Waals surface area contributed by atoms with Crippen molar-refractivity contribution in [2.24, 2.45) is 0 Å². The summed E-state index contributed by atoms with van der Waals surface area (Å²) >= 11 is 0. The molecule has 0 aromatic rings. The van der Waals surface area contributed by atoms with E-state index in [9.17, 15) is 0 Å². The van der Waals surface area contributed by atoms with Gasteiger partial charge in [-0.3, -0.25) is 0 Å². The summed E-state index contributed by atoms with van der Waals surface area (Å²) in [5.74, 6) is 0. The van der Waals surface area contributed by atoms with E-state index in [1.165, 1.54) is 0 Å². The van der Waals surface area contributed by atoms with Crippen LogP contribution in [0.5, 0.6) is 0 Å². The van der Waals surface area contributed by atoms with Gasteiger partial charge in [-0.2, -0.15) is 0 Å². The molecule has 0 aromatic heterocycles. The molecule has 0 aliphatic carbocycles.